The van der Waals surface area contributed by atoms with Gasteiger partial charge in [0.05, 0.1) is 11.4 Å². The van der Waals surface area contributed by atoms with Crippen molar-refractivity contribution in [1.29, 1.82) is 0 Å². The van der Waals surface area contributed by atoms with E-state index in [-0.39, 0.29) is 11.3 Å². The standard InChI is InChI=1S/C16H18N4OS/c1-9-10(2)22-15(18-9)20-8-16(4-5-16)12-7-17-14(6-13(12)20)19-11(3)21/h6-7H,4-5,8H2,1-3H3,(H,17,19,21). The summed E-state index contributed by atoms with van der Waals surface area (Å²) in [7, 11) is 0. The molecule has 2 aromatic heterocycles. The summed E-state index contributed by atoms with van der Waals surface area (Å²) in [5.74, 6) is 0.512. The van der Waals surface area contributed by atoms with Gasteiger partial charge < -0.3 is 10.2 Å². The number of pyridine rings is 1. The molecule has 0 unspecified atom stereocenters. The zero-order valence-electron chi connectivity index (χ0n) is 12.9. The molecule has 1 aliphatic heterocycles. The number of nitrogens with one attached hydrogen (secondary N) is 1. The average Bonchev–Trinajstić information content (AvgIpc) is 3.06. The maximum atomic E-state index is 11.3. The topological polar surface area (TPSA) is 58.1 Å². The van der Waals surface area contributed by atoms with Crippen LogP contribution in [0.15, 0.2) is 12.3 Å². The first kappa shape index (κ1) is 13.7. The van der Waals surface area contributed by atoms with Gasteiger partial charge in [-0.25, -0.2) is 9.97 Å². The van der Waals surface area contributed by atoms with Crippen molar-refractivity contribution in [2.75, 3.05) is 16.8 Å². The van der Waals surface area contributed by atoms with Crippen LogP contribution in [0.25, 0.3) is 0 Å². The van der Waals surface area contributed by atoms with Gasteiger partial charge in [0, 0.05) is 41.6 Å². The first-order valence-electron chi connectivity index (χ1n) is 7.48. The molecule has 2 aromatic rings. The molecule has 1 amide bonds. The number of hydrogen-bond donors (Lipinski definition) is 1. The Balaban J connectivity index is 1.79. The smallest absolute Gasteiger partial charge is 0.222 e. The number of carbonyl (C=O) groups excluding carboxylic acids is 1. The number of nitrogens with zero attached hydrogens (tertiary/aromatic N) is 3. The summed E-state index contributed by atoms with van der Waals surface area (Å²) >= 11 is 1.73. The fourth-order valence-corrected chi connectivity index (χ4v) is 4.04. The zero-order chi connectivity index (χ0) is 15.5. The zero-order valence-corrected chi connectivity index (χ0v) is 13.8. The lowest BCUT2D eigenvalue weighted by atomic mass is 10.0. The Labute approximate surface area is 133 Å². The quantitative estimate of drug-likeness (QED) is 0.924. The summed E-state index contributed by atoms with van der Waals surface area (Å²) < 4.78 is 0. The van der Waals surface area contributed by atoms with Gasteiger partial charge in [0.1, 0.15) is 5.82 Å². The van der Waals surface area contributed by atoms with Crippen molar-refractivity contribution in [3.8, 4) is 0 Å². The third-order valence-corrected chi connectivity index (χ3v) is 5.71. The van der Waals surface area contributed by atoms with Crippen LogP contribution < -0.4 is 10.2 Å². The Morgan fingerprint density at radius 1 is 1.41 bits per heavy atom. The predicted molar refractivity (Wildman–Crippen MR) is 88.0 cm³/mol. The summed E-state index contributed by atoms with van der Waals surface area (Å²) in [6, 6.07) is 1.98. The number of aryl methyl sites for hydroxylation is 2. The van der Waals surface area contributed by atoms with Crippen LogP contribution in [0.4, 0.5) is 16.6 Å². The molecule has 6 heteroatoms. The van der Waals surface area contributed by atoms with Crippen LogP contribution >= 0.6 is 11.3 Å². The number of amides is 1. The fraction of sp³-hybridized carbons (Fsp3) is 0.438. The molecule has 0 saturated heterocycles. The van der Waals surface area contributed by atoms with Crippen molar-refractivity contribution >= 4 is 33.9 Å². The van der Waals surface area contributed by atoms with E-state index in [1.165, 1.54) is 30.2 Å². The van der Waals surface area contributed by atoms with Crippen LogP contribution in [0.2, 0.25) is 0 Å². The first-order chi connectivity index (χ1) is 10.5. The van der Waals surface area contributed by atoms with Gasteiger partial charge in [-0.2, -0.15) is 0 Å². The van der Waals surface area contributed by atoms with Crippen LogP contribution in [0.5, 0.6) is 0 Å². The molecular formula is C16H18N4OS. The monoisotopic (exact) mass is 314 g/mol. The van der Waals surface area contributed by atoms with Gasteiger partial charge in [-0.1, -0.05) is 0 Å². The van der Waals surface area contributed by atoms with Gasteiger partial charge in [-0.05, 0) is 26.7 Å². The van der Waals surface area contributed by atoms with Crippen molar-refractivity contribution < 1.29 is 4.79 Å². The van der Waals surface area contributed by atoms with Crippen LogP contribution in [0, 0.1) is 13.8 Å². The van der Waals surface area contributed by atoms with Crippen molar-refractivity contribution in [3.63, 3.8) is 0 Å². The molecule has 0 bridgehead atoms. The Hall–Kier alpha value is -1.95. The second-order valence-corrected chi connectivity index (χ2v) is 7.45. The van der Waals surface area contributed by atoms with Gasteiger partial charge in [0.25, 0.3) is 0 Å². The lowest BCUT2D eigenvalue weighted by Crippen LogP contribution is -2.19. The molecular weight excluding hydrogens is 296 g/mol. The first-order valence-corrected chi connectivity index (χ1v) is 8.30. The minimum Gasteiger partial charge on any atom is -0.316 e. The van der Waals surface area contributed by atoms with Gasteiger partial charge in [0.2, 0.25) is 5.91 Å². The van der Waals surface area contributed by atoms with Crippen LogP contribution in [0.1, 0.15) is 35.9 Å². The molecule has 0 aromatic carbocycles. The van der Waals surface area contributed by atoms with E-state index in [2.05, 4.69) is 29.0 Å². The molecule has 3 heterocycles. The van der Waals surface area contributed by atoms with E-state index in [1.54, 1.807) is 11.3 Å². The Morgan fingerprint density at radius 2 is 2.18 bits per heavy atom. The summed E-state index contributed by atoms with van der Waals surface area (Å²) in [6.45, 7) is 6.63. The second-order valence-electron chi connectivity index (χ2n) is 6.27. The molecule has 1 N–H and O–H groups in total. The molecule has 1 aliphatic carbocycles. The maximum absolute atomic E-state index is 11.3. The number of thiazole rings is 1. The highest BCUT2D eigenvalue weighted by molar-refractivity contribution is 7.15. The van der Waals surface area contributed by atoms with E-state index in [9.17, 15) is 4.79 Å². The van der Waals surface area contributed by atoms with Gasteiger partial charge in [-0.15, -0.1) is 11.3 Å². The van der Waals surface area contributed by atoms with Gasteiger partial charge in [-0.3, -0.25) is 4.79 Å². The van der Waals surface area contributed by atoms with Crippen LogP contribution in [-0.4, -0.2) is 22.4 Å². The van der Waals surface area contributed by atoms with Crippen LogP contribution in [0.3, 0.4) is 0 Å². The number of aromatic nitrogens is 2. The second kappa shape index (κ2) is 4.52. The van der Waals surface area contributed by atoms with E-state index in [1.807, 2.05) is 12.3 Å². The van der Waals surface area contributed by atoms with Gasteiger partial charge >= 0.3 is 0 Å². The van der Waals surface area contributed by atoms with E-state index in [0.717, 1.165) is 23.1 Å². The summed E-state index contributed by atoms with van der Waals surface area (Å²) in [5.41, 5.74) is 3.79. The predicted octanol–water partition coefficient (Wildman–Crippen LogP) is 3.30. The molecule has 22 heavy (non-hydrogen) atoms. The third kappa shape index (κ3) is 2.01. The molecule has 1 fully saturated rings. The normalized spacial score (nSPS) is 17.7. The highest BCUT2D eigenvalue weighted by Gasteiger charge is 2.52. The summed E-state index contributed by atoms with van der Waals surface area (Å²) in [6.07, 6.45) is 4.35. The number of anilines is 3. The van der Waals surface area contributed by atoms with Crippen molar-refractivity contribution in [2.24, 2.45) is 0 Å². The van der Waals surface area contributed by atoms with E-state index < -0.39 is 0 Å². The van der Waals surface area contributed by atoms with E-state index in [4.69, 9.17) is 4.98 Å². The minimum absolute atomic E-state index is 0.0981. The Kier molecular flexibility index (Phi) is 2.81. The Bertz CT molecular complexity index is 759. The number of hydrogen-bond acceptors (Lipinski definition) is 5. The van der Waals surface area contributed by atoms with Crippen LogP contribution in [-0.2, 0) is 10.2 Å². The summed E-state index contributed by atoms with van der Waals surface area (Å²) in [5, 5.41) is 3.82. The van der Waals surface area contributed by atoms with Crippen molar-refractivity contribution in [1.82, 2.24) is 9.97 Å². The van der Waals surface area contributed by atoms with E-state index >= 15 is 0 Å². The number of fused-ring (bicyclic) bond motifs is 2. The molecule has 5 nitrogen and oxygen atoms in total. The molecule has 4 rings (SSSR count). The van der Waals surface area contributed by atoms with Crippen molar-refractivity contribution in [2.45, 2.75) is 39.0 Å². The van der Waals surface area contributed by atoms with Crippen molar-refractivity contribution in [3.05, 3.63) is 28.4 Å². The number of rotatable bonds is 2. The SMILES string of the molecule is CC(=O)Nc1cc2c(cn1)C1(CC1)CN2c1nc(C)c(C)s1. The number of carbonyl (C=O) groups is 1. The molecule has 1 saturated carbocycles. The Morgan fingerprint density at radius 3 is 2.77 bits per heavy atom. The fourth-order valence-electron chi connectivity index (χ4n) is 3.12. The minimum atomic E-state index is -0.0981. The highest BCUT2D eigenvalue weighted by Crippen LogP contribution is 2.58. The lowest BCUT2D eigenvalue weighted by Gasteiger charge is -2.16. The third-order valence-electron chi connectivity index (χ3n) is 4.61. The molecule has 0 atom stereocenters. The largest absolute Gasteiger partial charge is 0.316 e. The lowest BCUT2D eigenvalue weighted by molar-refractivity contribution is -0.114. The maximum Gasteiger partial charge on any atom is 0.222 e. The molecule has 2 aliphatic rings. The highest BCUT2D eigenvalue weighted by atomic mass is 32.1. The summed E-state index contributed by atoms with van der Waals surface area (Å²) in [4.78, 5) is 23.9. The molecule has 0 radical (unpaired) electrons. The average molecular weight is 314 g/mol. The molecule has 114 valence electrons. The van der Waals surface area contributed by atoms with Gasteiger partial charge in [0.15, 0.2) is 5.13 Å². The molecule has 1 spiro atoms. The van der Waals surface area contributed by atoms with E-state index in [0.29, 0.717) is 5.82 Å².